The fraction of sp³-hybridized carbons (Fsp3) is 0.417. The molecule has 0 spiro atoms. The first-order chi connectivity index (χ1) is 8.07. The average molecular weight is 254 g/mol. The van der Waals surface area contributed by atoms with Crippen LogP contribution in [0.1, 0.15) is 5.56 Å². The molecule has 0 amide bonds. The quantitative estimate of drug-likeness (QED) is 0.890. The van der Waals surface area contributed by atoms with Crippen LogP contribution < -0.4 is 4.74 Å². The Balaban J connectivity index is 2.21. The molecule has 1 heterocycles. The number of methoxy groups -OCH3 is 1. The van der Waals surface area contributed by atoms with Crippen LogP contribution in [0.4, 0.5) is 0 Å². The zero-order valence-electron chi connectivity index (χ0n) is 9.73. The lowest BCUT2D eigenvalue weighted by molar-refractivity contribution is -0.151. The van der Waals surface area contributed by atoms with E-state index in [0.29, 0.717) is 0 Å². The number of hydrogen-bond donors (Lipinski definition) is 1. The highest BCUT2D eigenvalue weighted by molar-refractivity contribution is 8.01. The maximum atomic E-state index is 11.2. The van der Waals surface area contributed by atoms with Crippen LogP contribution >= 0.6 is 11.8 Å². The van der Waals surface area contributed by atoms with E-state index in [4.69, 9.17) is 9.47 Å². The number of benzene rings is 1. The summed E-state index contributed by atoms with van der Waals surface area (Å²) in [6, 6.07) is 5.63. The zero-order chi connectivity index (χ0) is 12.5. The van der Waals surface area contributed by atoms with Crippen molar-refractivity contribution in [3.05, 3.63) is 23.8 Å². The first-order valence-corrected chi connectivity index (χ1v) is 6.04. The Bertz CT molecular complexity index is 440. The molecule has 1 aliphatic heterocycles. The Morgan fingerprint density at radius 1 is 1.53 bits per heavy atom. The highest BCUT2D eigenvalue weighted by Gasteiger charge is 2.47. The van der Waals surface area contributed by atoms with E-state index in [-0.39, 0.29) is 13.2 Å². The van der Waals surface area contributed by atoms with Crippen molar-refractivity contribution in [2.24, 2.45) is 0 Å². The molecule has 1 aliphatic rings. The van der Waals surface area contributed by atoms with Gasteiger partial charge in [0, 0.05) is 4.90 Å². The summed E-state index contributed by atoms with van der Waals surface area (Å²) in [6.07, 6.45) is 0. The molecular weight excluding hydrogens is 240 g/mol. The van der Waals surface area contributed by atoms with Gasteiger partial charge in [-0.25, -0.2) is 0 Å². The molecule has 4 nitrogen and oxygen atoms in total. The highest BCUT2D eigenvalue weighted by Crippen LogP contribution is 2.41. The van der Waals surface area contributed by atoms with Gasteiger partial charge in [-0.2, -0.15) is 0 Å². The number of thioether (sulfide) groups is 1. The second kappa shape index (κ2) is 4.58. The van der Waals surface area contributed by atoms with Crippen molar-refractivity contribution < 1.29 is 19.4 Å². The van der Waals surface area contributed by atoms with Gasteiger partial charge >= 0.3 is 5.97 Å². The van der Waals surface area contributed by atoms with E-state index in [0.717, 1.165) is 16.2 Å². The standard InChI is InChI=1S/C12H14O4S/c1-8-5-9(15-2)3-4-10(8)17-12(11(13)14)6-16-7-12/h3-5H,6-7H2,1-2H3,(H,13,14). The number of carboxylic acids is 1. The molecule has 0 unspecified atom stereocenters. The number of aliphatic carboxylic acids is 1. The Morgan fingerprint density at radius 3 is 2.65 bits per heavy atom. The minimum absolute atomic E-state index is 0.262. The molecule has 0 atom stereocenters. The van der Waals surface area contributed by atoms with E-state index in [1.54, 1.807) is 7.11 Å². The Morgan fingerprint density at radius 2 is 2.24 bits per heavy atom. The van der Waals surface area contributed by atoms with Gasteiger partial charge in [-0.15, -0.1) is 11.8 Å². The molecule has 2 rings (SSSR count). The van der Waals surface area contributed by atoms with Crippen LogP contribution in [0.2, 0.25) is 0 Å². The van der Waals surface area contributed by atoms with Crippen LogP contribution in [0, 0.1) is 6.92 Å². The number of carbonyl (C=O) groups is 1. The molecule has 1 saturated heterocycles. The van der Waals surface area contributed by atoms with E-state index in [1.165, 1.54) is 11.8 Å². The number of rotatable bonds is 4. The fourth-order valence-corrected chi connectivity index (χ4v) is 2.74. The number of hydrogen-bond acceptors (Lipinski definition) is 4. The van der Waals surface area contributed by atoms with Gasteiger partial charge in [0.05, 0.1) is 20.3 Å². The normalized spacial score (nSPS) is 17.3. The SMILES string of the molecule is COc1ccc(SC2(C(=O)O)COC2)c(C)c1. The molecule has 1 N–H and O–H groups in total. The number of aryl methyl sites for hydroxylation is 1. The first-order valence-electron chi connectivity index (χ1n) is 5.22. The van der Waals surface area contributed by atoms with Crippen molar-refractivity contribution in [1.82, 2.24) is 0 Å². The molecule has 0 radical (unpaired) electrons. The van der Waals surface area contributed by atoms with Gasteiger partial charge in [0.1, 0.15) is 5.75 Å². The summed E-state index contributed by atoms with van der Waals surface area (Å²) in [5, 5.41) is 9.21. The zero-order valence-corrected chi connectivity index (χ0v) is 10.5. The van der Waals surface area contributed by atoms with Crippen LogP contribution in [-0.2, 0) is 9.53 Å². The lowest BCUT2D eigenvalue weighted by atomic mass is 10.1. The van der Waals surface area contributed by atoms with Crippen LogP contribution in [0.3, 0.4) is 0 Å². The monoisotopic (exact) mass is 254 g/mol. The summed E-state index contributed by atoms with van der Waals surface area (Å²) >= 11 is 1.35. The highest BCUT2D eigenvalue weighted by atomic mass is 32.2. The van der Waals surface area contributed by atoms with Gasteiger partial charge < -0.3 is 14.6 Å². The molecule has 0 saturated carbocycles. The van der Waals surface area contributed by atoms with Crippen molar-refractivity contribution in [3.8, 4) is 5.75 Å². The third-order valence-corrected chi connectivity index (χ3v) is 4.23. The summed E-state index contributed by atoms with van der Waals surface area (Å²) in [5.41, 5.74) is 1.02. The van der Waals surface area contributed by atoms with Crippen molar-refractivity contribution in [1.29, 1.82) is 0 Å². The minimum atomic E-state index is -0.820. The van der Waals surface area contributed by atoms with Crippen LogP contribution in [0.15, 0.2) is 23.1 Å². The number of carboxylic acid groups (broad SMARTS) is 1. The van der Waals surface area contributed by atoms with Crippen LogP contribution in [0.5, 0.6) is 5.75 Å². The third kappa shape index (κ3) is 2.25. The molecule has 17 heavy (non-hydrogen) atoms. The van der Waals surface area contributed by atoms with E-state index in [2.05, 4.69) is 0 Å². The Kier molecular flexibility index (Phi) is 3.31. The summed E-state index contributed by atoms with van der Waals surface area (Å²) in [6.45, 7) is 2.47. The smallest absolute Gasteiger partial charge is 0.324 e. The summed E-state index contributed by atoms with van der Waals surface area (Å²) in [7, 11) is 1.61. The molecule has 1 fully saturated rings. The maximum absolute atomic E-state index is 11.2. The largest absolute Gasteiger partial charge is 0.497 e. The van der Waals surface area contributed by atoms with Gasteiger partial charge in [0.2, 0.25) is 0 Å². The third-order valence-electron chi connectivity index (χ3n) is 2.75. The van der Waals surface area contributed by atoms with E-state index in [1.807, 2.05) is 25.1 Å². The van der Waals surface area contributed by atoms with Crippen LogP contribution in [-0.4, -0.2) is 36.1 Å². The van der Waals surface area contributed by atoms with Crippen molar-refractivity contribution in [3.63, 3.8) is 0 Å². The topological polar surface area (TPSA) is 55.8 Å². The molecule has 92 valence electrons. The lowest BCUT2D eigenvalue weighted by Gasteiger charge is -2.36. The molecular formula is C12H14O4S. The van der Waals surface area contributed by atoms with E-state index < -0.39 is 10.7 Å². The van der Waals surface area contributed by atoms with Gasteiger partial charge in [-0.05, 0) is 30.7 Å². The molecule has 1 aromatic rings. The summed E-state index contributed by atoms with van der Waals surface area (Å²) in [5.74, 6) is -0.0370. The average Bonchev–Trinajstić information content (AvgIpc) is 2.24. The predicted molar refractivity (Wildman–Crippen MR) is 64.8 cm³/mol. The fourth-order valence-electron chi connectivity index (χ4n) is 1.59. The molecule has 0 bridgehead atoms. The van der Waals surface area contributed by atoms with E-state index >= 15 is 0 Å². The van der Waals surface area contributed by atoms with Gasteiger partial charge in [0.25, 0.3) is 0 Å². The Hall–Kier alpha value is -1.20. The second-order valence-electron chi connectivity index (χ2n) is 4.03. The molecule has 1 aromatic carbocycles. The minimum Gasteiger partial charge on any atom is -0.497 e. The van der Waals surface area contributed by atoms with Crippen molar-refractivity contribution >= 4 is 17.7 Å². The van der Waals surface area contributed by atoms with Crippen molar-refractivity contribution in [2.75, 3.05) is 20.3 Å². The van der Waals surface area contributed by atoms with Crippen molar-refractivity contribution in [2.45, 2.75) is 16.6 Å². The number of ether oxygens (including phenoxy) is 2. The molecule has 0 aliphatic carbocycles. The first kappa shape index (κ1) is 12.3. The molecule has 5 heteroatoms. The van der Waals surface area contributed by atoms with Gasteiger partial charge in [-0.3, -0.25) is 4.79 Å². The maximum Gasteiger partial charge on any atom is 0.324 e. The van der Waals surface area contributed by atoms with Gasteiger partial charge in [0.15, 0.2) is 4.75 Å². The van der Waals surface area contributed by atoms with Gasteiger partial charge in [-0.1, -0.05) is 0 Å². The second-order valence-corrected chi connectivity index (χ2v) is 5.45. The lowest BCUT2D eigenvalue weighted by Crippen LogP contribution is -2.53. The van der Waals surface area contributed by atoms with Crippen LogP contribution in [0.25, 0.3) is 0 Å². The van der Waals surface area contributed by atoms with E-state index in [9.17, 15) is 9.90 Å². The Labute approximate surface area is 104 Å². The predicted octanol–water partition coefficient (Wildman–Crippen LogP) is 1.95. The summed E-state index contributed by atoms with van der Waals surface area (Å²) < 4.78 is 9.33. The summed E-state index contributed by atoms with van der Waals surface area (Å²) in [4.78, 5) is 12.2. The molecule has 0 aromatic heterocycles.